The number of fused-ring (bicyclic) bond motifs is 8. The summed E-state index contributed by atoms with van der Waals surface area (Å²) in [5.74, 6) is 0. The van der Waals surface area contributed by atoms with Crippen molar-refractivity contribution in [3.05, 3.63) is 82.3 Å². The van der Waals surface area contributed by atoms with Crippen LogP contribution in [0.15, 0.2) is 77.3 Å². The quantitative estimate of drug-likeness (QED) is 0.237. The molecule has 2 heteroatoms. The molecule has 0 amide bonds. The van der Waals surface area contributed by atoms with Gasteiger partial charge in [0.05, 0.1) is 0 Å². The van der Waals surface area contributed by atoms with Crippen LogP contribution in [0.5, 0.6) is 0 Å². The molecule has 0 aliphatic heterocycles. The lowest BCUT2D eigenvalue weighted by Crippen LogP contribution is -1.86. The maximum absolute atomic E-state index is 6.31. The Labute approximate surface area is 152 Å². The zero-order chi connectivity index (χ0) is 16.3. The molecule has 0 heterocycles. The molecule has 0 saturated heterocycles. The van der Waals surface area contributed by atoms with E-state index in [1.165, 1.54) is 43.1 Å². The van der Waals surface area contributed by atoms with Gasteiger partial charge in [-0.15, -0.1) is 0 Å². The number of benzene rings is 5. The van der Waals surface area contributed by atoms with E-state index in [4.69, 9.17) is 11.6 Å². The van der Waals surface area contributed by atoms with Gasteiger partial charge in [-0.05, 0) is 61.3 Å². The van der Waals surface area contributed by atoms with Gasteiger partial charge in [0.25, 0.3) is 0 Å². The second-order valence-corrected chi connectivity index (χ2v) is 7.35. The largest absolute Gasteiger partial charge is 0.0843 e. The highest BCUT2D eigenvalue weighted by Gasteiger charge is 2.13. The van der Waals surface area contributed by atoms with Crippen LogP contribution >= 0.6 is 27.5 Å². The van der Waals surface area contributed by atoms with Crippen LogP contribution in [0.1, 0.15) is 0 Å². The van der Waals surface area contributed by atoms with Crippen molar-refractivity contribution in [2.45, 2.75) is 0 Å². The van der Waals surface area contributed by atoms with E-state index in [1.54, 1.807) is 0 Å². The summed E-state index contributed by atoms with van der Waals surface area (Å²) in [4.78, 5) is 0. The minimum atomic E-state index is 0.772. The SMILES string of the molecule is Clc1ccc2c(c1)c1ccccc1c1cc(Br)c3ccccc3c21. The van der Waals surface area contributed by atoms with Crippen molar-refractivity contribution in [3.8, 4) is 0 Å². The first-order valence-electron chi connectivity index (χ1n) is 7.85. The van der Waals surface area contributed by atoms with E-state index in [-0.39, 0.29) is 0 Å². The monoisotopic (exact) mass is 390 g/mol. The Hall–Kier alpha value is -2.09. The molecule has 5 aromatic rings. The molecule has 5 rings (SSSR count). The van der Waals surface area contributed by atoms with Crippen LogP contribution < -0.4 is 0 Å². The molecule has 5 aromatic carbocycles. The minimum Gasteiger partial charge on any atom is -0.0843 e. The van der Waals surface area contributed by atoms with Crippen molar-refractivity contribution < 1.29 is 0 Å². The summed E-state index contributed by atoms with van der Waals surface area (Å²) in [6, 6.07) is 25.6. The zero-order valence-corrected chi connectivity index (χ0v) is 15.0. The van der Waals surface area contributed by atoms with Crippen molar-refractivity contribution in [3.63, 3.8) is 0 Å². The first kappa shape index (κ1) is 14.3. The maximum atomic E-state index is 6.31. The topological polar surface area (TPSA) is 0 Å². The molecular formula is C22H12BrCl. The van der Waals surface area contributed by atoms with Gasteiger partial charge in [0.2, 0.25) is 0 Å². The van der Waals surface area contributed by atoms with Crippen molar-refractivity contribution in [2.24, 2.45) is 0 Å². The van der Waals surface area contributed by atoms with Crippen molar-refractivity contribution >= 4 is 70.6 Å². The van der Waals surface area contributed by atoms with Gasteiger partial charge in [0.1, 0.15) is 0 Å². The molecule has 0 atom stereocenters. The van der Waals surface area contributed by atoms with Gasteiger partial charge in [0, 0.05) is 9.50 Å². The lowest BCUT2D eigenvalue weighted by atomic mass is 9.91. The summed E-state index contributed by atoms with van der Waals surface area (Å²) in [5.41, 5.74) is 0. The summed E-state index contributed by atoms with van der Waals surface area (Å²) in [5, 5.41) is 10.8. The van der Waals surface area contributed by atoms with Crippen LogP contribution in [0, 0.1) is 0 Å². The smallest absolute Gasteiger partial charge is 0.0412 e. The number of hydrogen-bond acceptors (Lipinski definition) is 0. The molecule has 0 aromatic heterocycles. The summed E-state index contributed by atoms with van der Waals surface area (Å²) in [6.07, 6.45) is 0. The molecule has 0 fully saturated rings. The van der Waals surface area contributed by atoms with E-state index in [1.807, 2.05) is 6.07 Å². The second kappa shape index (κ2) is 5.20. The molecule has 0 radical (unpaired) electrons. The van der Waals surface area contributed by atoms with Gasteiger partial charge < -0.3 is 0 Å². The Balaban J connectivity index is 2.23. The first-order valence-corrected chi connectivity index (χ1v) is 9.02. The van der Waals surface area contributed by atoms with Gasteiger partial charge in [-0.2, -0.15) is 0 Å². The Kier molecular flexibility index (Phi) is 3.09. The summed E-state index contributed by atoms with van der Waals surface area (Å²) in [6.45, 7) is 0. The fourth-order valence-corrected chi connectivity index (χ4v) is 4.49. The van der Waals surface area contributed by atoms with Crippen molar-refractivity contribution in [2.75, 3.05) is 0 Å². The normalized spacial score (nSPS) is 11.8. The summed E-state index contributed by atoms with van der Waals surface area (Å²) < 4.78 is 1.13. The second-order valence-electron chi connectivity index (χ2n) is 6.06. The molecule has 0 spiro atoms. The van der Waals surface area contributed by atoms with Gasteiger partial charge in [-0.25, -0.2) is 0 Å². The van der Waals surface area contributed by atoms with Gasteiger partial charge in [-0.3, -0.25) is 0 Å². The highest BCUT2D eigenvalue weighted by molar-refractivity contribution is 9.10. The number of hydrogen-bond donors (Lipinski definition) is 0. The van der Waals surface area contributed by atoms with Crippen LogP contribution in [0.3, 0.4) is 0 Å². The molecule has 0 N–H and O–H groups in total. The molecule has 114 valence electrons. The summed E-state index contributed by atoms with van der Waals surface area (Å²) >= 11 is 10.1. The maximum Gasteiger partial charge on any atom is 0.0412 e. The molecule has 24 heavy (non-hydrogen) atoms. The Morgan fingerprint density at radius 3 is 1.88 bits per heavy atom. The predicted molar refractivity (Wildman–Crippen MR) is 109 cm³/mol. The van der Waals surface area contributed by atoms with E-state index in [0.717, 1.165) is 9.50 Å². The number of halogens is 2. The standard InChI is InChI=1S/C22H12BrCl/c23-21-12-20-15-6-2-1-5-14(15)19-11-13(24)9-10-18(19)22(20)17-8-4-3-7-16(17)21/h1-12H. The third-order valence-electron chi connectivity index (χ3n) is 4.75. The third-order valence-corrected chi connectivity index (χ3v) is 5.64. The highest BCUT2D eigenvalue weighted by atomic mass is 79.9. The predicted octanol–water partition coefficient (Wildman–Crippen LogP) is 7.72. The van der Waals surface area contributed by atoms with E-state index in [9.17, 15) is 0 Å². The average molecular weight is 392 g/mol. The third kappa shape index (κ3) is 1.92. The van der Waals surface area contributed by atoms with Crippen LogP contribution in [0.4, 0.5) is 0 Å². The van der Waals surface area contributed by atoms with Crippen LogP contribution in [0.25, 0.3) is 43.1 Å². The zero-order valence-electron chi connectivity index (χ0n) is 12.7. The highest BCUT2D eigenvalue weighted by Crippen LogP contribution is 2.41. The minimum absolute atomic E-state index is 0.772. The summed E-state index contributed by atoms with van der Waals surface area (Å²) in [7, 11) is 0. The van der Waals surface area contributed by atoms with Crippen molar-refractivity contribution in [1.82, 2.24) is 0 Å². The van der Waals surface area contributed by atoms with E-state index in [2.05, 4.69) is 82.7 Å². The van der Waals surface area contributed by atoms with Crippen molar-refractivity contribution in [1.29, 1.82) is 0 Å². The van der Waals surface area contributed by atoms with E-state index < -0.39 is 0 Å². The lowest BCUT2D eigenvalue weighted by molar-refractivity contribution is 1.75. The molecule has 0 unspecified atom stereocenters. The molecule has 0 aliphatic rings. The van der Waals surface area contributed by atoms with E-state index in [0.29, 0.717) is 0 Å². The van der Waals surface area contributed by atoms with Gasteiger partial charge >= 0.3 is 0 Å². The molecule has 0 aliphatic carbocycles. The fraction of sp³-hybridized carbons (Fsp3) is 0. The van der Waals surface area contributed by atoms with Gasteiger partial charge in [-0.1, -0.05) is 82.1 Å². The van der Waals surface area contributed by atoms with Gasteiger partial charge in [0.15, 0.2) is 0 Å². The van der Waals surface area contributed by atoms with Crippen LogP contribution in [-0.4, -0.2) is 0 Å². The number of rotatable bonds is 0. The first-order chi connectivity index (χ1) is 11.7. The Morgan fingerprint density at radius 1 is 0.542 bits per heavy atom. The molecular weight excluding hydrogens is 380 g/mol. The fourth-order valence-electron chi connectivity index (χ4n) is 3.74. The Bertz CT molecular complexity index is 1270. The lowest BCUT2D eigenvalue weighted by Gasteiger charge is -2.14. The van der Waals surface area contributed by atoms with E-state index >= 15 is 0 Å². The Morgan fingerprint density at radius 2 is 1.12 bits per heavy atom. The van der Waals surface area contributed by atoms with Crippen LogP contribution in [-0.2, 0) is 0 Å². The molecule has 0 bridgehead atoms. The molecule has 0 saturated carbocycles. The van der Waals surface area contributed by atoms with Crippen LogP contribution in [0.2, 0.25) is 5.02 Å². The molecule has 0 nitrogen and oxygen atoms in total. The average Bonchev–Trinajstić information content (AvgIpc) is 2.62.